The molecule has 2 heterocycles. The van der Waals surface area contributed by atoms with Crippen LogP contribution in [-0.2, 0) is 15.9 Å². The Hall–Kier alpha value is -3.20. The number of unbranched alkanes of at least 4 members (excludes halogenated alkanes) is 1. The van der Waals surface area contributed by atoms with Crippen LogP contribution in [-0.4, -0.2) is 62.0 Å². The molecule has 0 saturated carbocycles. The van der Waals surface area contributed by atoms with E-state index in [0.29, 0.717) is 12.3 Å². The standard InChI is InChI=1S/C29H32N2O5S/c32-27-20-24(7-8-26(27)29(33)36-14-2-1-11-31-12-16-34-17-13-31)30-37-25-5-3-4-21(19-25)22-6-9-28-23(18-22)10-15-35-28/h3-9,18-20,30,32H,1-2,10-17H2. The number of nitrogens with zero attached hydrogens (tertiary/aromatic N) is 1. The fourth-order valence-corrected chi connectivity index (χ4v) is 5.19. The van der Waals surface area contributed by atoms with Crippen molar-refractivity contribution in [1.29, 1.82) is 0 Å². The van der Waals surface area contributed by atoms with Crippen molar-refractivity contribution < 1.29 is 24.1 Å². The molecule has 3 aromatic rings. The van der Waals surface area contributed by atoms with Gasteiger partial charge in [-0.05, 0) is 84.4 Å². The van der Waals surface area contributed by atoms with Gasteiger partial charge in [0.1, 0.15) is 17.1 Å². The Bertz CT molecular complexity index is 1230. The lowest BCUT2D eigenvalue weighted by molar-refractivity contribution is 0.0348. The molecule has 5 rings (SSSR count). The van der Waals surface area contributed by atoms with E-state index in [1.807, 2.05) is 18.2 Å². The Morgan fingerprint density at radius 2 is 1.86 bits per heavy atom. The zero-order valence-electron chi connectivity index (χ0n) is 20.8. The molecule has 0 spiro atoms. The summed E-state index contributed by atoms with van der Waals surface area (Å²) in [6.45, 7) is 5.56. The average Bonchev–Trinajstić information content (AvgIpc) is 3.40. The lowest BCUT2D eigenvalue weighted by Crippen LogP contribution is -2.36. The first-order valence-electron chi connectivity index (χ1n) is 12.7. The van der Waals surface area contributed by atoms with Gasteiger partial charge in [-0.15, -0.1) is 0 Å². The van der Waals surface area contributed by atoms with Crippen LogP contribution >= 0.6 is 11.9 Å². The molecule has 0 amide bonds. The molecule has 2 aliphatic heterocycles. The minimum absolute atomic E-state index is 0.0990. The number of hydrogen-bond donors (Lipinski definition) is 2. The molecule has 0 aromatic heterocycles. The maximum Gasteiger partial charge on any atom is 0.341 e. The Labute approximate surface area is 221 Å². The zero-order chi connectivity index (χ0) is 25.5. The number of rotatable bonds is 10. The van der Waals surface area contributed by atoms with Crippen LogP contribution in [0.2, 0.25) is 0 Å². The quantitative estimate of drug-likeness (QED) is 0.210. The normalized spacial score (nSPS) is 15.1. The van der Waals surface area contributed by atoms with Gasteiger partial charge in [-0.25, -0.2) is 4.79 Å². The van der Waals surface area contributed by atoms with Gasteiger partial charge in [0, 0.05) is 36.2 Å². The summed E-state index contributed by atoms with van der Waals surface area (Å²) < 4.78 is 19.6. The highest BCUT2D eigenvalue weighted by atomic mass is 32.2. The van der Waals surface area contributed by atoms with Crippen LogP contribution < -0.4 is 9.46 Å². The third-order valence-corrected chi connectivity index (χ3v) is 7.39. The summed E-state index contributed by atoms with van der Waals surface area (Å²) >= 11 is 1.45. The van der Waals surface area contributed by atoms with Gasteiger partial charge in [-0.3, -0.25) is 4.90 Å². The van der Waals surface area contributed by atoms with Gasteiger partial charge in [0.05, 0.1) is 26.4 Å². The highest BCUT2D eigenvalue weighted by molar-refractivity contribution is 8.00. The fourth-order valence-electron chi connectivity index (χ4n) is 4.50. The number of benzene rings is 3. The number of fused-ring (bicyclic) bond motifs is 1. The van der Waals surface area contributed by atoms with Gasteiger partial charge in [-0.2, -0.15) is 0 Å². The highest BCUT2D eigenvalue weighted by Crippen LogP contribution is 2.33. The topological polar surface area (TPSA) is 80.3 Å². The van der Waals surface area contributed by atoms with Crippen molar-refractivity contribution in [3.63, 3.8) is 0 Å². The number of hydrogen-bond acceptors (Lipinski definition) is 8. The lowest BCUT2D eigenvalue weighted by atomic mass is 10.0. The van der Waals surface area contributed by atoms with Crippen LogP contribution in [0.15, 0.2) is 65.6 Å². The summed E-state index contributed by atoms with van der Waals surface area (Å²) in [5.41, 5.74) is 4.41. The summed E-state index contributed by atoms with van der Waals surface area (Å²) in [6.07, 6.45) is 2.70. The number of aromatic hydroxyl groups is 1. The van der Waals surface area contributed by atoms with Crippen molar-refractivity contribution in [3.05, 3.63) is 71.8 Å². The van der Waals surface area contributed by atoms with E-state index in [-0.39, 0.29) is 11.3 Å². The second-order valence-electron chi connectivity index (χ2n) is 9.18. The molecule has 0 atom stereocenters. The van der Waals surface area contributed by atoms with Crippen LogP contribution in [0.3, 0.4) is 0 Å². The van der Waals surface area contributed by atoms with E-state index in [2.05, 4.69) is 33.9 Å². The van der Waals surface area contributed by atoms with Gasteiger partial charge in [0.25, 0.3) is 0 Å². The maximum atomic E-state index is 12.4. The largest absolute Gasteiger partial charge is 0.507 e. The number of nitrogens with one attached hydrogen (secondary N) is 1. The molecule has 194 valence electrons. The van der Waals surface area contributed by atoms with Crippen molar-refractivity contribution in [3.8, 4) is 22.6 Å². The summed E-state index contributed by atoms with van der Waals surface area (Å²) in [6, 6.07) is 19.5. The van der Waals surface area contributed by atoms with Crippen molar-refractivity contribution in [2.75, 3.05) is 50.8 Å². The minimum Gasteiger partial charge on any atom is -0.507 e. The van der Waals surface area contributed by atoms with Crippen molar-refractivity contribution in [2.24, 2.45) is 0 Å². The monoisotopic (exact) mass is 520 g/mol. The zero-order valence-corrected chi connectivity index (χ0v) is 21.6. The number of phenols is 1. The van der Waals surface area contributed by atoms with Crippen molar-refractivity contribution in [2.45, 2.75) is 24.2 Å². The molecule has 1 saturated heterocycles. The number of carbonyl (C=O) groups is 1. The first-order valence-corrected chi connectivity index (χ1v) is 13.6. The maximum absolute atomic E-state index is 12.4. The van der Waals surface area contributed by atoms with Gasteiger partial charge >= 0.3 is 5.97 Å². The molecule has 1 fully saturated rings. The molecule has 2 N–H and O–H groups in total. The fraction of sp³-hybridized carbons (Fsp3) is 0.345. The third kappa shape index (κ3) is 6.77. The summed E-state index contributed by atoms with van der Waals surface area (Å²) in [5.74, 6) is 0.375. The Balaban J connectivity index is 1.10. The van der Waals surface area contributed by atoms with Gasteiger partial charge in [-0.1, -0.05) is 18.2 Å². The van der Waals surface area contributed by atoms with Gasteiger partial charge < -0.3 is 24.0 Å². The molecule has 3 aromatic carbocycles. The Morgan fingerprint density at radius 3 is 2.73 bits per heavy atom. The highest BCUT2D eigenvalue weighted by Gasteiger charge is 2.15. The number of ether oxygens (including phenoxy) is 3. The van der Waals surface area contributed by atoms with Crippen LogP contribution in [0.25, 0.3) is 11.1 Å². The van der Waals surface area contributed by atoms with E-state index in [1.54, 1.807) is 18.2 Å². The number of morpholine rings is 1. The van der Waals surface area contributed by atoms with E-state index in [9.17, 15) is 9.90 Å². The van der Waals surface area contributed by atoms with E-state index in [0.717, 1.165) is 80.5 Å². The summed E-state index contributed by atoms with van der Waals surface area (Å²) in [5, 5.41) is 10.4. The second-order valence-corrected chi connectivity index (χ2v) is 10.1. The lowest BCUT2D eigenvalue weighted by Gasteiger charge is -2.26. The van der Waals surface area contributed by atoms with E-state index >= 15 is 0 Å². The Morgan fingerprint density at radius 1 is 1.00 bits per heavy atom. The average molecular weight is 521 g/mol. The molecule has 2 aliphatic rings. The van der Waals surface area contributed by atoms with E-state index in [4.69, 9.17) is 14.2 Å². The molecule has 0 radical (unpaired) electrons. The SMILES string of the molecule is O=C(OCCCCN1CCOCC1)c1ccc(NSc2cccc(-c3ccc4c(c3)CCO4)c2)cc1O. The molecule has 0 unspecified atom stereocenters. The van der Waals surface area contributed by atoms with Crippen molar-refractivity contribution >= 4 is 23.6 Å². The van der Waals surface area contributed by atoms with Crippen LogP contribution in [0, 0.1) is 0 Å². The van der Waals surface area contributed by atoms with Crippen molar-refractivity contribution in [1.82, 2.24) is 4.90 Å². The number of anilines is 1. The predicted octanol–water partition coefficient (Wildman–Crippen LogP) is 5.38. The molecular formula is C29H32N2O5S. The van der Waals surface area contributed by atoms with Crippen LogP contribution in [0.5, 0.6) is 11.5 Å². The predicted molar refractivity (Wildman–Crippen MR) is 145 cm³/mol. The first kappa shape index (κ1) is 25.4. The molecule has 7 nitrogen and oxygen atoms in total. The van der Waals surface area contributed by atoms with Crippen LogP contribution in [0.1, 0.15) is 28.8 Å². The van der Waals surface area contributed by atoms with E-state index in [1.165, 1.54) is 17.5 Å². The smallest absolute Gasteiger partial charge is 0.341 e. The molecule has 37 heavy (non-hydrogen) atoms. The molecule has 0 aliphatic carbocycles. The number of esters is 1. The van der Waals surface area contributed by atoms with Crippen LogP contribution in [0.4, 0.5) is 5.69 Å². The first-order chi connectivity index (χ1) is 18.2. The third-order valence-electron chi connectivity index (χ3n) is 6.57. The molecule has 0 bridgehead atoms. The second kappa shape index (κ2) is 12.4. The van der Waals surface area contributed by atoms with E-state index < -0.39 is 5.97 Å². The minimum atomic E-state index is -0.504. The Kier molecular flexibility index (Phi) is 8.50. The molecular weight excluding hydrogens is 488 g/mol. The number of carbonyl (C=O) groups excluding carboxylic acids is 1. The summed E-state index contributed by atoms with van der Waals surface area (Å²) in [7, 11) is 0. The van der Waals surface area contributed by atoms with Gasteiger partial charge in [0.15, 0.2) is 0 Å². The summed E-state index contributed by atoms with van der Waals surface area (Å²) in [4.78, 5) is 15.8. The number of phenolic OH excluding ortho intramolecular Hbond substituents is 1. The molecule has 8 heteroatoms. The van der Waals surface area contributed by atoms with Gasteiger partial charge in [0.2, 0.25) is 0 Å².